The van der Waals surface area contributed by atoms with Crippen molar-refractivity contribution in [1.82, 2.24) is 5.32 Å². The number of nitrogens with two attached hydrogens (primary N) is 1. The number of para-hydroxylation sites is 1. The zero-order valence-corrected chi connectivity index (χ0v) is 11.1. The van der Waals surface area contributed by atoms with Crippen LogP contribution in [0.25, 0.3) is 0 Å². The van der Waals surface area contributed by atoms with E-state index >= 15 is 0 Å². The van der Waals surface area contributed by atoms with E-state index in [9.17, 15) is 0 Å². The lowest BCUT2D eigenvalue weighted by Crippen LogP contribution is -2.39. The van der Waals surface area contributed by atoms with Gasteiger partial charge in [-0.3, -0.25) is 0 Å². The van der Waals surface area contributed by atoms with Crippen molar-refractivity contribution < 1.29 is 4.74 Å². The molecule has 0 aliphatic carbocycles. The molecule has 2 rings (SSSR count). The van der Waals surface area contributed by atoms with Gasteiger partial charge in [0.1, 0.15) is 5.75 Å². The van der Waals surface area contributed by atoms with Crippen molar-refractivity contribution in [1.29, 1.82) is 0 Å². The average Bonchev–Trinajstić information content (AvgIpc) is 2.45. The first-order valence-electron chi connectivity index (χ1n) is 6.52. The monoisotopic (exact) mass is 257 g/mol. The molecule has 2 unspecified atom stereocenters. The molecule has 0 bridgehead atoms. The first kappa shape index (κ1) is 13.3. The van der Waals surface area contributed by atoms with Crippen molar-refractivity contribution in [2.45, 2.75) is 31.8 Å². The molecule has 1 aliphatic heterocycles. The third-order valence-corrected chi connectivity index (χ3v) is 3.15. The molecule has 0 radical (unpaired) electrons. The summed E-state index contributed by atoms with van der Waals surface area (Å²) in [5.74, 6) is 3.93. The summed E-state index contributed by atoms with van der Waals surface area (Å²) in [6.07, 6.45) is 7.04. The molecule has 0 aromatic heterocycles. The van der Waals surface area contributed by atoms with E-state index in [0.717, 1.165) is 24.2 Å². The highest BCUT2D eigenvalue weighted by molar-refractivity contribution is 5.79. The van der Waals surface area contributed by atoms with Crippen molar-refractivity contribution in [3.8, 4) is 18.1 Å². The molecule has 2 atom stereocenters. The van der Waals surface area contributed by atoms with Crippen LogP contribution in [0, 0.1) is 12.3 Å². The molecule has 4 heteroatoms. The third-order valence-electron chi connectivity index (χ3n) is 3.15. The van der Waals surface area contributed by atoms with Gasteiger partial charge in [-0.05, 0) is 12.5 Å². The fourth-order valence-corrected chi connectivity index (χ4v) is 2.10. The number of ether oxygens (including phenoxy) is 1. The minimum Gasteiger partial charge on any atom is -0.493 e. The van der Waals surface area contributed by atoms with Crippen molar-refractivity contribution in [2.75, 3.05) is 6.61 Å². The van der Waals surface area contributed by atoms with Gasteiger partial charge < -0.3 is 15.8 Å². The van der Waals surface area contributed by atoms with E-state index in [2.05, 4.69) is 16.2 Å². The Hall–Kier alpha value is -2.15. The van der Waals surface area contributed by atoms with Crippen LogP contribution in [-0.2, 0) is 0 Å². The molecule has 0 spiro atoms. The SMILES string of the molecule is C#CC(CC)NC(N)=NC1CCOc2ccccc21. The molecular formula is C15H19N3O. The zero-order chi connectivity index (χ0) is 13.7. The van der Waals surface area contributed by atoms with Gasteiger partial charge in [-0.2, -0.15) is 0 Å². The normalized spacial score (nSPS) is 19.8. The number of nitrogens with one attached hydrogen (secondary N) is 1. The molecular weight excluding hydrogens is 238 g/mol. The zero-order valence-electron chi connectivity index (χ0n) is 11.1. The molecule has 1 aliphatic rings. The standard InChI is InChI=1S/C15H19N3O/c1-3-11(4-2)17-15(16)18-13-9-10-19-14-8-6-5-7-12(13)14/h1,5-8,11,13H,4,9-10H2,2H3,(H3,16,17,18). The summed E-state index contributed by atoms with van der Waals surface area (Å²) in [7, 11) is 0. The van der Waals surface area contributed by atoms with Crippen LogP contribution in [0.1, 0.15) is 31.4 Å². The van der Waals surface area contributed by atoms with Crippen LogP contribution in [-0.4, -0.2) is 18.6 Å². The highest BCUT2D eigenvalue weighted by atomic mass is 16.5. The topological polar surface area (TPSA) is 59.6 Å². The van der Waals surface area contributed by atoms with Gasteiger partial charge in [0, 0.05) is 12.0 Å². The van der Waals surface area contributed by atoms with Gasteiger partial charge in [0.25, 0.3) is 0 Å². The minimum atomic E-state index is -0.0705. The summed E-state index contributed by atoms with van der Waals surface area (Å²) < 4.78 is 5.60. The quantitative estimate of drug-likeness (QED) is 0.493. The van der Waals surface area contributed by atoms with E-state index in [1.165, 1.54) is 0 Å². The summed E-state index contributed by atoms with van der Waals surface area (Å²) in [6.45, 7) is 2.67. The van der Waals surface area contributed by atoms with E-state index in [1.807, 2.05) is 31.2 Å². The Kier molecular flexibility index (Phi) is 4.30. The molecule has 100 valence electrons. The highest BCUT2D eigenvalue weighted by Crippen LogP contribution is 2.33. The van der Waals surface area contributed by atoms with Gasteiger partial charge in [0.2, 0.25) is 0 Å². The maximum Gasteiger partial charge on any atom is 0.190 e. The maximum atomic E-state index is 5.92. The summed E-state index contributed by atoms with van der Waals surface area (Å²) in [6, 6.07) is 7.88. The number of rotatable bonds is 3. The Morgan fingerprint density at radius 3 is 3.16 bits per heavy atom. The number of guanidine groups is 1. The van der Waals surface area contributed by atoms with Crippen LogP contribution in [0.5, 0.6) is 5.75 Å². The molecule has 0 fully saturated rings. The van der Waals surface area contributed by atoms with Gasteiger partial charge in [0.15, 0.2) is 5.96 Å². The number of hydrogen-bond acceptors (Lipinski definition) is 2. The first-order valence-corrected chi connectivity index (χ1v) is 6.52. The summed E-state index contributed by atoms with van der Waals surface area (Å²) in [4.78, 5) is 4.52. The van der Waals surface area contributed by atoms with E-state index < -0.39 is 0 Å². The predicted molar refractivity (Wildman–Crippen MR) is 77.0 cm³/mol. The fraction of sp³-hybridized carbons (Fsp3) is 0.400. The van der Waals surface area contributed by atoms with Crippen LogP contribution in [0.2, 0.25) is 0 Å². The molecule has 1 heterocycles. The van der Waals surface area contributed by atoms with Gasteiger partial charge in [-0.1, -0.05) is 31.0 Å². The van der Waals surface area contributed by atoms with E-state index in [-0.39, 0.29) is 12.1 Å². The molecule has 1 aromatic rings. The predicted octanol–water partition coefficient (Wildman–Crippen LogP) is 1.83. The van der Waals surface area contributed by atoms with Crippen molar-refractivity contribution in [3.05, 3.63) is 29.8 Å². The first-order chi connectivity index (χ1) is 9.24. The van der Waals surface area contributed by atoms with E-state index in [4.69, 9.17) is 16.9 Å². The lowest BCUT2D eigenvalue weighted by atomic mass is 10.0. The van der Waals surface area contributed by atoms with Crippen LogP contribution in [0.3, 0.4) is 0 Å². The Labute approximate surface area is 114 Å². The van der Waals surface area contributed by atoms with Crippen molar-refractivity contribution >= 4 is 5.96 Å². The molecule has 0 amide bonds. The Balaban J connectivity index is 2.13. The second-order valence-corrected chi connectivity index (χ2v) is 4.48. The van der Waals surface area contributed by atoms with Crippen molar-refractivity contribution in [2.24, 2.45) is 10.7 Å². The summed E-state index contributed by atoms with van der Waals surface area (Å²) in [5, 5.41) is 3.05. The smallest absolute Gasteiger partial charge is 0.190 e. The molecule has 3 N–H and O–H groups in total. The Morgan fingerprint density at radius 2 is 2.42 bits per heavy atom. The van der Waals surface area contributed by atoms with Gasteiger partial charge >= 0.3 is 0 Å². The largest absolute Gasteiger partial charge is 0.493 e. The van der Waals surface area contributed by atoms with Crippen LogP contribution < -0.4 is 15.8 Å². The number of terminal acetylenes is 1. The van der Waals surface area contributed by atoms with Crippen LogP contribution in [0.4, 0.5) is 0 Å². The number of fused-ring (bicyclic) bond motifs is 1. The molecule has 1 aromatic carbocycles. The Morgan fingerprint density at radius 1 is 1.63 bits per heavy atom. The molecule has 0 saturated carbocycles. The van der Waals surface area contributed by atoms with Crippen molar-refractivity contribution in [3.63, 3.8) is 0 Å². The van der Waals surface area contributed by atoms with Crippen LogP contribution >= 0.6 is 0 Å². The lowest BCUT2D eigenvalue weighted by Gasteiger charge is -2.23. The number of hydrogen-bond donors (Lipinski definition) is 2. The average molecular weight is 257 g/mol. The molecule has 0 saturated heterocycles. The maximum absolute atomic E-state index is 5.92. The summed E-state index contributed by atoms with van der Waals surface area (Å²) in [5.41, 5.74) is 6.99. The number of benzene rings is 1. The molecule has 4 nitrogen and oxygen atoms in total. The van der Waals surface area contributed by atoms with E-state index in [0.29, 0.717) is 12.6 Å². The van der Waals surface area contributed by atoms with Gasteiger partial charge in [0.05, 0.1) is 18.7 Å². The summed E-state index contributed by atoms with van der Waals surface area (Å²) >= 11 is 0. The highest BCUT2D eigenvalue weighted by Gasteiger charge is 2.20. The number of nitrogens with zero attached hydrogens (tertiary/aromatic N) is 1. The third kappa shape index (κ3) is 3.19. The number of aliphatic imine (C=N–C) groups is 1. The van der Waals surface area contributed by atoms with Gasteiger partial charge in [-0.15, -0.1) is 6.42 Å². The molecule has 19 heavy (non-hydrogen) atoms. The Bertz CT molecular complexity index is 504. The minimum absolute atomic E-state index is 0.0349. The fourth-order valence-electron chi connectivity index (χ4n) is 2.10. The second kappa shape index (κ2) is 6.14. The second-order valence-electron chi connectivity index (χ2n) is 4.48. The van der Waals surface area contributed by atoms with Crippen LogP contribution in [0.15, 0.2) is 29.3 Å². The lowest BCUT2D eigenvalue weighted by molar-refractivity contribution is 0.269. The van der Waals surface area contributed by atoms with Gasteiger partial charge in [-0.25, -0.2) is 4.99 Å². The van der Waals surface area contributed by atoms with E-state index in [1.54, 1.807) is 0 Å².